The lowest BCUT2D eigenvalue weighted by Gasteiger charge is -2.19. The summed E-state index contributed by atoms with van der Waals surface area (Å²) >= 11 is 0. The molecule has 2 aliphatic rings. The predicted molar refractivity (Wildman–Crippen MR) is 136 cm³/mol. The summed E-state index contributed by atoms with van der Waals surface area (Å²) in [4.78, 5) is 24.6. The summed E-state index contributed by atoms with van der Waals surface area (Å²) < 4.78 is 1.98. The van der Waals surface area contributed by atoms with Gasteiger partial charge in [0.25, 0.3) is 5.91 Å². The molecule has 0 aliphatic carbocycles. The number of aryl methyl sites for hydroxylation is 3. The van der Waals surface area contributed by atoms with E-state index >= 15 is 0 Å². The summed E-state index contributed by atoms with van der Waals surface area (Å²) in [6, 6.07) is 9.94. The van der Waals surface area contributed by atoms with Gasteiger partial charge >= 0.3 is 0 Å². The molecule has 0 spiro atoms. The number of anilines is 2. The lowest BCUT2D eigenvalue weighted by molar-refractivity contribution is 0.100. The Morgan fingerprint density at radius 1 is 0.882 bits per heavy atom. The van der Waals surface area contributed by atoms with Crippen molar-refractivity contribution in [3.8, 4) is 11.3 Å². The van der Waals surface area contributed by atoms with Crippen LogP contribution in [0.5, 0.6) is 0 Å². The second kappa shape index (κ2) is 9.79. The van der Waals surface area contributed by atoms with Gasteiger partial charge in [-0.3, -0.25) is 14.5 Å². The van der Waals surface area contributed by atoms with E-state index in [0.29, 0.717) is 11.5 Å². The summed E-state index contributed by atoms with van der Waals surface area (Å²) in [5.41, 5.74) is 6.28. The van der Waals surface area contributed by atoms with Crippen molar-refractivity contribution in [3.05, 3.63) is 59.5 Å². The van der Waals surface area contributed by atoms with Crippen LogP contribution in [0.4, 0.5) is 11.4 Å². The topological polar surface area (TPSA) is 75.4 Å². The van der Waals surface area contributed by atoms with E-state index in [1.165, 1.54) is 37.7 Å². The van der Waals surface area contributed by atoms with Gasteiger partial charge in [0, 0.05) is 36.1 Å². The van der Waals surface area contributed by atoms with Crippen molar-refractivity contribution < 1.29 is 4.79 Å². The summed E-state index contributed by atoms with van der Waals surface area (Å²) in [7, 11) is 0. The average molecular weight is 457 g/mol. The molecule has 0 saturated heterocycles. The Balaban J connectivity index is 1.50. The molecule has 3 aromatic rings. The van der Waals surface area contributed by atoms with Gasteiger partial charge in [-0.1, -0.05) is 38.2 Å². The van der Waals surface area contributed by atoms with Crippen molar-refractivity contribution in [3.63, 3.8) is 0 Å². The molecule has 7 heteroatoms. The fourth-order valence-corrected chi connectivity index (χ4v) is 4.73. The number of guanidine groups is 1. The summed E-state index contributed by atoms with van der Waals surface area (Å²) in [6.07, 6.45) is 12.2. The number of nitrogens with zero attached hydrogens (tertiary/aromatic N) is 5. The molecule has 1 N–H and O–H groups in total. The highest BCUT2D eigenvalue weighted by molar-refractivity contribution is 6.19. The Hall–Kier alpha value is -3.48. The second-order valence-corrected chi connectivity index (χ2v) is 9.39. The van der Waals surface area contributed by atoms with Gasteiger partial charge in [0.05, 0.1) is 23.3 Å². The van der Waals surface area contributed by atoms with Crippen molar-refractivity contribution in [2.24, 2.45) is 4.99 Å². The van der Waals surface area contributed by atoms with E-state index in [0.717, 1.165) is 54.3 Å². The monoisotopic (exact) mass is 456 g/mol. The molecule has 4 heterocycles. The predicted octanol–water partition coefficient (Wildman–Crippen LogP) is 5.73. The van der Waals surface area contributed by atoms with Crippen LogP contribution in [0, 0.1) is 13.8 Å². The molecule has 2 aromatic heterocycles. The second-order valence-electron chi connectivity index (χ2n) is 9.39. The maximum atomic E-state index is 13.3. The van der Waals surface area contributed by atoms with Crippen LogP contribution >= 0.6 is 0 Å². The van der Waals surface area contributed by atoms with Gasteiger partial charge in [-0.05, 0) is 56.5 Å². The van der Waals surface area contributed by atoms with Gasteiger partial charge in [0.2, 0.25) is 5.96 Å². The van der Waals surface area contributed by atoms with Crippen molar-refractivity contribution in [1.82, 2.24) is 14.8 Å². The maximum absolute atomic E-state index is 13.3. The Morgan fingerprint density at radius 3 is 2.47 bits per heavy atom. The molecule has 5 rings (SSSR count). The Kier molecular flexibility index (Phi) is 6.43. The van der Waals surface area contributed by atoms with E-state index < -0.39 is 0 Å². The number of aromatic nitrogens is 3. The summed E-state index contributed by atoms with van der Waals surface area (Å²) in [5, 5.41) is 7.88. The molecule has 0 atom stereocenters. The molecule has 0 unspecified atom stereocenters. The summed E-state index contributed by atoms with van der Waals surface area (Å²) in [5.74, 6) is 0.335. The molecule has 176 valence electrons. The smallest absolute Gasteiger partial charge is 0.280 e. The van der Waals surface area contributed by atoms with Gasteiger partial charge in [-0.25, -0.2) is 0 Å². The zero-order valence-corrected chi connectivity index (χ0v) is 20.0. The van der Waals surface area contributed by atoms with Crippen LogP contribution in [0.3, 0.4) is 0 Å². The number of aliphatic imine (C=N–C) groups is 1. The van der Waals surface area contributed by atoms with Gasteiger partial charge < -0.3 is 10.2 Å². The van der Waals surface area contributed by atoms with Gasteiger partial charge in [-0.2, -0.15) is 10.1 Å². The first kappa shape index (κ1) is 22.3. The van der Waals surface area contributed by atoms with Crippen molar-refractivity contribution in [2.45, 2.75) is 65.3 Å². The fraction of sp³-hybridized carbons (Fsp3) is 0.407. The van der Waals surface area contributed by atoms with Crippen LogP contribution in [0.2, 0.25) is 0 Å². The van der Waals surface area contributed by atoms with E-state index in [1.54, 1.807) is 6.07 Å². The molecule has 0 radical (unpaired) electrons. The van der Waals surface area contributed by atoms with Crippen LogP contribution in [0.1, 0.15) is 66.6 Å². The van der Waals surface area contributed by atoms with Crippen LogP contribution in [-0.4, -0.2) is 33.2 Å². The summed E-state index contributed by atoms with van der Waals surface area (Å²) in [6.45, 7) is 5.75. The van der Waals surface area contributed by atoms with E-state index in [9.17, 15) is 4.79 Å². The molecule has 4 bridgehead atoms. The quantitative estimate of drug-likeness (QED) is 0.467. The molecular weight excluding hydrogens is 424 g/mol. The number of carbonyl (C=O) groups excluding carboxylic acids is 1. The van der Waals surface area contributed by atoms with Gasteiger partial charge in [0.1, 0.15) is 0 Å². The first-order valence-electron chi connectivity index (χ1n) is 12.4. The number of pyridine rings is 1. The molecule has 0 fully saturated rings. The molecule has 1 aromatic carbocycles. The molecular formula is C27H32N6O. The highest BCUT2D eigenvalue weighted by atomic mass is 16.1. The first-order chi connectivity index (χ1) is 16.6. The molecule has 7 nitrogen and oxygen atoms in total. The number of carbonyl (C=O) groups is 1. The Bertz CT molecular complexity index is 1230. The highest BCUT2D eigenvalue weighted by Crippen LogP contribution is 2.34. The minimum Gasteiger partial charge on any atom is -0.324 e. The number of nitrogens with one attached hydrogen (secondary N) is 1. The minimum atomic E-state index is -0.269. The Morgan fingerprint density at radius 2 is 1.65 bits per heavy atom. The van der Waals surface area contributed by atoms with Crippen LogP contribution < -0.4 is 10.2 Å². The zero-order valence-electron chi connectivity index (χ0n) is 20.0. The SMILES string of the molecule is Cc1ccc2c(c1)N1CCCCCCCCCn3cc(cn3)-c3cc(cc(C)n3)C(=O)/N=C/1N2. The lowest BCUT2D eigenvalue weighted by atomic mass is 10.1. The number of rotatable bonds is 0. The number of hydrogen-bond donors (Lipinski definition) is 1. The minimum absolute atomic E-state index is 0.269. The van der Waals surface area contributed by atoms with E-state index in [-0.39, 0.29) is 5.91 Å². The molecule has 0 saturated carbocycles. The van der Waals surface area contributed by atoms with Crippen molar-refractivity contribution >= 4 is 23.2 Å². The largest absolute Gasteiger partial charge is 0.324 e. The molecule has 34 heavy (non-hydrogen) atoms. The van der Waals surface area contributed by atoms with Crippen LogP contribution in [-0.2, 0) is 6.54 Å². The van der Waals surface area contributed by atoms with Crippen LogP contribution in [0.15, 0.2) is 47.7 Å². The number of benzene rings is 1. The van der Waals surface area contributed by atoms with Crippen molar-refractivity contribution in [2.75, 3.05) is 16.8 Å². The average Bonchev–Trinajstić information content (AvgIpc) is 3.42. The van der Waals surface area contributed by atoms with Crippen molar-refractivity contribution in [1.29, 1.82) is 0 Å². The first-order valence-corrected chi connectivity index (χ1v) is 12.4. The zero-order chi connectivity index (χ0) is 23.5. The molecule has 1 amide bonds. The van der Waals surface area contributed by atoms with E-state index in [2.05, 4.69) is 50.4 Å². The third-order valence-corrected chi connectivity index (χ3v) is 6.55. The third kappa shape index (κ3) is 4.88. The van der Waals surface area contributed by atoms with Gasteiger partial charge in [0.15, 0.2) is 0 Å². The van der Waals surface area contributed by atoms with E-state index in [4.69, 9.17) is 0 Å². The number of amides is 1. The molecule has 2 aliphatic heterocycles. The van der Waals surface area contributed by atoms with E-state index in [1.807, 2.05) is 30.1 Å². The number of hydrogen-bond acceptors (Lipinski definition) is 5. The van der Waals surface area contributed by atoms with Crippen LogP contribution in [0.25, 0.3) is 11.3 Å². The maximum Gasteiger partial charge on any atom is 0.280 e. The third-order valence-electron chi connectivity index (χ3n) is 6.55. The number of fused-ring (bicyclic) bond motifs is 8. The standard InChI is InChI=1S/C27H32N6O/c1-19-10-11-23-25(14-19)33-13-9-7-5-3-4-6-8-12-32-18-22(17-28-32)24-16-21(15-20(2)29-24)26(34)31-27(33)30-23/h10-11,14-18H,3-9,12-13H2,1-2H3,(H,30,31,34). The Labute approximate surface area is 200 Å². The highest BCUT2D eigenvalue weighted by Gasteiger charge is 2.26. The van der Waals surface area contributed by atoms with Gasteiger partial charge in [-0.15, -0.1) is 0 Å². The normalized spacial score (nSPS) is 18.6. The fourth-order valence-electron chi connectivity index (χ4n) is 4.73. The lowest BCUT2D eigenvalue weighted by Crippen LogP contribution is -2.32.